The number of nitrogens with zero attached hydrogens (tertiary/aromatic N) is 4. The molecule has 0 aliphatic carbocycles. The van der Waals surface area contributed by atoms with Crippen LogP contribution in [0.2, 0.25) is 5.02 Å². The Labute approximate surface area is 162 Å². The molecule has 0 atom stereocenters. The number of ether oxygens (including phenoxy) is 1. The number of hydrogen-bond donors (Lipinski definition) is 1. The Balaban J connectivity index is 1.77. The molecule has 2 aromatic heterocycles. The van der Waals surface area contributed by atoms with Gasteiger partial charge < -0.3 is 10.1 Å². The van der Waals surface area contributed by atoms with Gasteiger partial charge in [-0.25, -0.2) is 9.50 Å². The van der Waals surface area contributed by atoms with Crippen LogP contribution in [0.15, 0.2) is 12.1 Å². The van der Waals surface area contributed by atoms with Gasteiger partial charge >= 0.3 is 0 Å². The molecule has 0 spiro atoms. The standard InChI is InChI=1S/C19H22ClN5O2/c1-10-8-16(17(27-5)9-15(10)20)23-18(26)7-6-14-11(2)21-19-22-13(4)24-25(19)12(14)3/h8-9H,6-7H2,1-5H3,(H,23,26). The van der Waals surface area contributed by atoms with Crippen LogP contribution in [0.5, 0.6) is 5.75 Å². The third-order valence-corrected chi connectivity index (χ3v) is 4.92. The molecule has 142 valence electrons. The first kappa shape index (κ1) is 19.1. The molecule has 0 saturated carbocycles. The van der Waals surface area contributed by atoms with Crippen molar-refractivity contribution < 1.29 is 9.53 Å². The Morgan fingerprint density at radius 1 is 1.22 bits per heavy atom. The number of methoxy groups -OCH3 is 1. The minimum Gasteiger partial charge on any atom is -0.495 e. The van der Waals surface area contributed by atoms with Gasteiger partial charge in [-0.3, -0.25) is 4.79 Å². The lowest BCUT2D eigenvalue weighted by atomic mass is 10.1. The predicted molar refractivity (Wildman–Crippen MR) is 105 cm³/mol. The summed E-state index contributed by atoms with van der Waals surface area (Å²) in [5.41, 5.74) is 4.29. The number of aromatic nitrogens is 4. The maximum absolute atomic E-state index is 12.5. The largest absolute Gasteiger partial charge is 0.495 e. The molecule has 7 nitrogen and oxygen atoms in total. The number of amides is 1. The molecule has 0 bridgehead atoms. The molecule has 3 rings (SSSR count). The Kier molecular flexibility index (Phi) is 5.32. The molecular weight excluding hydrogens is 366 g/mol. The summed E-state index contributed by atoms with van der Waals surface area (Å²) in [6.45, 7) is 7.60. The molecule has 0 radical (unpaired) electrons. The number of halogens is 1. The minimum absolute atomic E-state index is 0.108. The number of benzene rings is 1. The van der Waals surface area contributed by atoms with E-state index in [9.17, 15) is 4.79 Å². The molecule has 0 aliphatic heterocycles. The zero-order valence-corrected chi connectivity index (χ0v) is 16.8. The molecule has 0 unspecified atom stereocenters. The second-order valence-corrected chi connectivity index (χ2v) is 6.89. The summed E-state index contributed by atoms with van der Waals surface area (Å²) in [7, 11) is 1.55. The SMILES string of the molecule is COc1cc(Cl)c(C)cc1NC(=O)CCc1c(C)nc2nc(C)nn2c1C. The van der Waals surface area contributed by atoms with Crippen LogP contribution in [0.25, 0.3) is 5.78 Å². The van der Waals surface area contributed by atoms with Crippen molar-refractivity contribution in [3.05, 3.63) is 45.5 Å². The van der Waals surface area contributed by atoms with E-state index in [1.165, 1.54) is 0 Å². The lowest BCUT2D eigenvalue weighted by Crippen LogP contribution is -2.15. The number of anilines is 1. The highest BCUT2D eigenvalue weighted by Gasteiger charge is 2.15. The highest BCUT2D eigenvalue weighted by molar-refractivity contribution is 6.31. The first-order valence-corrected chi connectivity index (χ1v) is 9.01. The van der Waals surface area contributed by atoms with Crippen molar-refractivity contribution in [1.82, 2.24) is 19.6 Å². The number of nitrogens with one attached hydrogen (secondary N) is 1. The molecule has 1 aromatic carbocycles. The van der Waals surface area contributed by atoms with Gasteiger partial charge in [-0.15, -0.1) is 0 Å². The van der Waals surface area contributed by atoms with E-state index in [1.807, 2.05) is 27.7 Å². The fraction of sp³-hybridized carbons (Fsp3) is 0.368. The molecule has 27 heavy (non-hydrogen) atoms. The average molecular weight is 388 g/mol. The number of aryl methyl sites for hydroxylation is 4. The summed E-state index contributed by atoms with van der Waals surface area (Å²) < 4.78 is 7.03. The number of carbonyl (C=O) groups excluding carboxylic acids is 1. The van der Waals surface area contributed by atoms with Crippen LogP contribution in [-0.4, -0.2) is 32.6 Å². The highest BCUT2D eigenvalue weighted by Crippen LogP contribution is 2.31. The fourth-order valence-corrected chi connectivity index (χ4v) is 3.20. The normalized spacial score (nSPS) is 11.0. The van der Waals surface area contributed by atoms with E-state index in [0.29, 0.717) is 40.9 Å². The zero-order chi connectivity index (χ0) is 19.7. The van der Waals surface area contributed by atoms with Crippen molar-refractivity contribution in [3.8, 4) is 5.75 Å². The van der Waals surface area contributed by atoms with Crippen LogP contribution in [0.3, 0.4) is 0 Å². The summed E-state index contributed by atoms with van der Waals surface area (Å²) >= 11 is 6.11. The number of rotatable bonds is 5. The van der Waals surface area contributed by atoms with Gasteiger partial charge in [-0.1, -0.05) is 11.6 Å². The highest BCUT2D eigenvalue weighted by atomic mass is 35.5. The number of hydrogen-bond acceptors (Lipinski definition) is 5. The second-order valence-electron chi connectivity index (χ2n) is 6.48. The van der Waals surface area contributed by atoms with E-state index < -0.39 is 0 Å². The van der Waals surface area contributed by atoms with Crippen LogP contribution in [-0.2, 0) is 11.2 Å². The van der Waals surface area contributed by atoms with Gasteiger partial charge in [-0.2, -0.15) is 10.1 Å². The van der Waals surface area contributed by atoms with E-state index in [0.717, 1.165) is 22.5 Å². The van der Waals surface area contributed by atoms with E-state index in [1.54, 1.807) is 23.8 Å². The maximum Gasteiger partial charge on any atom is 0.252 e. The van der Waals surface area contributed by atoms with E-state index >= 15 is 0 Å². The van der Waals surface area contributed by atoms with Crippen molar-refractivity contribution in [2.24, 2.45) is 0 Å². The van der Waals surface area contributed by atoms with Gasteiger partial charge in [0.2, 0.25) is 5.91 Å². The van der Waals surface area contributed by atoms with E-state index in [2.05, 4.69) is 20.4 Å². The Bertz CT molecular complexity index is 1030. The summed E-state index contributed by atoms with van der Waals surface area (Å²) in [6, 6.07) is 3.51. The molecule has 0 fully saturated rings. The van der Waals surface area contributed by atoms with Crippen LogP contribution < -0.4 is 10.1 Å². The quantitative estimate of drug-likeness (QED) is 0.723. The fourth-order valence-electron chi connectivity index (χ4n) is 3.05. The van der Waals surface area contributed by atoms with Crippen molar-refractivity contribution in [2.45, 2.75) is 40.5 Å². The third kappa shape index (κ3) is 3.88. The summed E-state index contributed by atoms with van der Waals surface area (Å²) in [5, 5.41) is 7.86. The minimum atomic E-state index is -0.108. The van der Waals surface area contributed by atoms with Crippen molar-refractivity contribution in [2.75, 3.05) is 12.4 Å². The zero-order valence-electron chi connectivity index (χ0n) is 16.1. The first-order chi connectivity index (χ1) is 12.8. The summed E-state index contributed by atoms with van der Waals surface area (Å²) in [5.74, 6) is 1.68. The van der Waals surface area contributed by atoms with Gasteiger partial charge in [0.25, 0.3) is 5.78 Å². The van der Waals surface area contributed by atoms with Crippen molar-refractivity contribution in [3.63, 3.8) is 0 Å². The molecule has 0 saturated heterocycles. The van der Waals surface area contributed by atoms with Crippen molar-refractivity contribution in [1.29, 1.82) is 0 Å². The summed E-state index contributed by atoms with van der Waals surface area (Å²) in [4.78, 5) is 21.3. The first-order valence-electron chi connectivity index (χ1n) is 8.63. The van der Waals surface area contributed by atoms with Crippen LogP contribution in [0.1, 0.15) is 34.8 Å². The third-order valence-electron chi connectivity index (χ3n) is 4.51. The van der Waals surface area contributed by atoms with E-state index in [-0.39, 0.29) is 5.91 Å². The predicted octanol–water partition coefficient (Wildman–Crippen LogP) is 3.59. The topological polar surface area (TPSA) is 81.4 Å². The average Bonchev–Trinajstić information content (AvgIpc) is 2.98. The van der Waals surface area contributed by atoms with Gasteiger partial charge in [0, 0.05) is 28.9 Å². The smallest absolute Gasteiger partial charge is 0.252 e. The molecular formula is C19H22ClN5O2. The van der Waals surface area contributed by atoms with Gasteiger partial charge in [-0.05, 0) is 51.3 Å². The van der Waals surface area contributed by atoms with Gasteiger partial charge in [0.1, 0.15) is 11.6 Å². The summed E-state index contributed by atoms with van der Waals surface area (Å²) in [6.07, 6.45) is 0.869. The Morgan fingerprint density at radius 2 is 1.96 bits per heavy atom. The van der Waals surface area contributed by atoms with Gasteiger partial charge in [0.05, 0.1) is 12.8 Å². The van der Waals surface area contributed by atoms with Crippen LogP contribution in [0.4, 0.5) is 5.69 Å². The molecule has 1 amide bonds. The van der Waals surface area contributed by atoms with Crippen LogP contribution in [0, 0.1) is 27.7 Å². The monoisotopic (exact) mass is 387 g/mol. The van der Waals surface area contributed by atoms with E-state index in [4.69, 9.17) is 16.3 Å². The molecule has 1 N–H and O–H groups in total. The van der Waals surface area contributed by atoms with Crippen LogP contribution >= 0.6 is 11.6 Å². The molecule has 8 heteroatoms. The lowest BCUT2D eigenvalue weighted by molar-refractivity contribution is -0.116. The van der Waals surface area contributed by atoms with Crippen molar-refractivity contribution >= 4 is 29.0 Å². The maximum atomic E-state index is 12.5. The second kappa shape index (κ2) is 7.52. The number of carbonyl (C=O) groups is 1. The molecule has 2 heterocycles. The molecule has 0 aliphatic rings. The Morgan fingerprint density at radius 3 is 2.67 bits per heavy atom. The lowest BCUT2D eigenvalue weighted by Gasteiger charge is -2.13. The Hall–Kier alpha value is -2.67. The molecule has 3 aromatic rings. The van der Waals surface area contributed by atoms with Gasteiger partial charge in [0.15, 0.2) is 0 Å². The number of fused-ring (bicyclic) bond motifs is 1.